The minimum atomic E-state index is -0.689. The number of rotatable bonds is 11. The molecule has 1 spiro atoms. The van der Waals surface area contributed by atoms with Crippen molar-refractivity contribution in [2.75, 3.05) is 27.3 Å². The summed E-state index contributed by atoms with van der Waals surface area (Å²) in [6.07, 6.45) is 11.1. The lowest BCUT2D eigenvalue weighted by Gasteiger charge is -2.30. The minimum absolute atomic E-state index is 0.103. The average Bonchev–Trinajstić information content (AvgIpc) is 4.17. The van der Waals surface area contributed by atoms with Crippen LogP contribution in [0, 0.1) is 17.3 Å². The number of likely N-dealkylation sites (tertiary alicyclic amines) is 2. The second-order valence-electron chi connectivity index (χ2n) is 19.4. The SMILES string of the molecule is COC(=O)NC(C(=O)N1CCCC1c1ncc(-c2ccc(-c3ccc(-c4ccc5nc(C6CCCN6C(=O)C(NC(=O)OC)C(C)C)[nH]c5c4)cc3)c3c2CC2(CCCC2)C3)[nH]1)C(C)C. The lowest BCUT2D eigenvalue weighted by molar-refractivity contribution is -0.136. The van der Waals surface area contributed by atoms with Gasteiger partial charge < -0.3 is 39.9 Å². The molecule has 2 aliphatic carbocycles. The van der Waals surface area contributed by atoms with Crippen LogP contribution in [0.4, 0.5) is 9.59 Å². The topological polar surface area (TPSA) is 175 Å². The molecule has 3 aromatic carbocycles. The molecule has 4 N–H and O–H groups in total. The molecule has 2 aromatic heterocycles. The summed E-state index contributed by atoms with van der Waals surface area (Å²) in [6.45, 7) is 8.90. The van der Waals surface area contributed by atoms with Crippen molar-refractivity contribution in [3.05, 3.63) is 83.6 Å². The smallest absolute Gasteiger partial charge is 0.407 e. The Morgan fingerprint density at radius 2 is 1.22 bits per heavy atom. The molecule has 9 rings (SSSR count). The summed E-state index contributed by atoms with van der Waals surface area (Å²) < 4.78 is 9.64. The number of hydrogen-bond acceptors (Lipinski definition) is 8. The fourth-order valence-corrected chi connectivity index (χ4v) is 11.1. The molecule has 0 bridgehead atoms. The van der Waals surface area contributed by atoms with Crippen molar-refractivity contribution in [1.82, 2.24) is 40.4 Å². The van der Waals surface area contributed by atoms with Gasteiger partial charge in [-0.3, -0.25) is 9.59 Å². The molecular weight excluding hydrogens is 821 g/mol. The Morgan fingerprint density at radius 1 is 0.677 bits per heavy atom. The average molecular weight is 883 g/mol. The molecule has 4 unspecified atom stereocenters. The maximum atomic E-state index is 13.8. The standard InChI is InChI=1S/C51H62N8O6/c1-29(2)43(56-49(62)64-5)47(60)58-23-9-11-41(58)45-52-28-40(55-45)35-19-18-34(36-26-51(27-37(35)36)21-7-8-22-51)32-15-13-31(14-16-32)33-17-20-38-39(25-33)54-46(53-38)42-12-10-24-59(42)48(61)44(30(3)4)57-50(63)65-6/h13-20,25,28-30,41-44H,7-12,21-24,26-27H2,1-6H3,(H,52,55)(H,53,54)(H,56,62)(H,57,63). The van der Waals surface area contributed by atoms with E-state index in [-0.39, 0.29) is 41.1 Å². The van der Waals surface area contributed by atoms with Gasteiger partial charge >= 0.3 is 12.2 Å². The van der Waals surface area contributed by atoms with Gasteiger partial charge in [0.2, 0.25) is 11.8 Å². The largest absolute Gasteiger partial charge is 0.453 e. The first-order valence-electron chi connectivity index (χ1n) is 23.5. The number of ether oxygens (including phenoxy) is 2. The number of amides is 4. The van der Waals surface area contributed by atoms with Crippen molar-refractivity contribution >= 4 is 35.0 Å². The molecular formula is C51H62N8O6. The van der Waals surface area contributed by atoms with Crippen molar-refractivity contribution in [3.63, 3.8) is 0 Å². The van der Waals surface area contributed by atoms with E-state index in [0.29, 0.717) is 13.1 Å². The van der Waals surface area contributed by atoms with Crippen LogP contribution in [0.1, 0.15) is 114 Å². The Hall–Kier alpha value is -6.18. The van der Waals surface area contributed by atoms with Gasteiger partial charge in [0.1, 0.15) is 23.7 Å². The van der Waals surface area contributed by atoms with Gasteiger partial charge in [0.25, 0.3) is 0 Å². The molecule has 4 aliphatic rings. The van der Waals surface area contributed by atoms with Crippen LogP contribution < -0.4 is 10.6 Å². The molecule has 2 saturated heterocycles. The number of carbonyl (C=O) groups is 4. The first-order chi connectivity index (χ1) is 31.4. The van der Waals surface area contributed by atoms with E-state index < -0.39 is 24.3 Å². The van der Waals surface area contributed by atoms with Crippen molar-refractivity contribution in [2.24, 2.45) is 17.3 Å². The molecule has 4 amide bonds. The number of nitrogens with zero attached hydrogens (tertiary/aromatic N) is 4. The number of benzene rings is 3. The van der Waals surface area contributed by atoms with E-state index in [4.69, 9.17) is 19.4 Å². The fourth-order valence-electron chi connectivity index (χ4n) is 11.1. The number of hydrogen-bond donors (Lipinski definition) is 4. The molecule has 2 aliphatic heterocycles. The number of nitrogens with one attached hydrogen (secondary N) is 4. The summed E-state index contributed by atoms with van der Waals surface area (Å²) in [7, 11) is 2.61. The van der Waals surface area contributed by atoms with Crippen molar-refractivity contribution in [3.8, 4) is 33.5 Å². The lowest BCUT2D eigenvalue weighted by Crippen LogP contribution is -2.51. The van der Waals surface area contributed by atoms with Gasteiger partial charge in [0.15, 0.2) is 0 Å². The third-order valence-electron chi connectivity index (χ3n) is 14.6. The number of alkyl carbamates (subject to hydrolysis) is 2. The van der Waals surface area contributed by atoms with Crippen LogP contribution in [-0.2, 0) is 31.9 Å². The number of aromatic amines is 2. The quantitative estimate of drug-likeness (QED) is 0.102. The van der Waals surface area contributed by atoms with Crippen LogP contribution in [0.25, 0.3) is 44.5 Å². The molecule has 0 radical (unpaired) electrons. The van der Waals surface area contributed by atoms with Crippen LogP contribution in [0.3, 0.4) is 0 Å². The zero-order chi connectivity index (χ0) is 45.6. The van der Waals surface area contributed by atoms with Crippen LogP contribution in [0.15, 0.2) is 60.8 Å². The molecule has 1 saturated carbocycles. The Morgan fingerprint density at radius 3 is 1.80 bits per heavy atom. The van der Waals surface area contributed by atoms with Gasteiger partial charge in [-0.2, -0.15) is 0 Å². The second kappa shape index (κ2) is 18.0. The number of carbonyl (C=O) groups excluding carboxylic acids is 4. The number of H-pyrrole nitrogens is 2. The van der Waals surface area contributed by atoms with Crippen LogP contribution >= 0.6 is 0 Å². The van der Waals surface area contributed by atoms with Crippen LogP contribution in [0.2, 0.25) is 0 Å². The van der Waals surface area contributed by atoms with Crippen LogP contribution in [-0.4, -0.2) is 93.1 Å². The molecule has 14 nitrogen and oxygen atoms in total. The van der Waals surface area contributed by atoms with Gasteiger partial charge in [0.05, 0.1) is 49.2 Å². The summed E-state index contributed by atoms with van der Waals surface area (Å²) in [5.41, 5.74) is 11.6. The second-order valence-corrected chi connectivity index (χ2v) is 19.4. The van der Waals surface area contributed by atoms with E-state index in [1.165, 1.54) is 67.7 Å². The van der Waals surface area contributed by atoms with E-state index in [0.717, 1.165) is 78.0 Å². The Labute approximate surface area is 380 Å². The van der Waals surface area contributed by atoms with Crippen molar-refractivity contribution in [1.29, 1.82) is 0 Å². The zero-order valence-electron chi connectivity index (χ0n) is 38.5. The third kappa shape index (κ3) is 8.47. The predicted molar refractivity (Wildman–Crippen MR) is 249 cm³/mol. The predicted octanol–water partition coefficient (Wildman–Crippen LogP) is 9.03. The Bertz CT molecular complexity index is 2590. The first kappa shape index (κ1) is 44.0. The van der Waals surface area contributed by atoms with Gasteiger partial charge in [-0.1, -0.05) is 83.0 Å². The third-order valence-corrected chi connectivity index (χ3v) is 14.6. The van der Waals surface area contributed by atoms with Gasteiger partial charge in [-0.05, 0) is 114 Å². The van der Waals surface area contributed by atoms with E-state index in [1.807, 2.05) is 49.8 Å². The first-order valence-corrected chi connectivity index (χ1v) is 23.5. The van der Waals surface area contributed by atoms with E-state index >= 15 is 0 Å². The zero-order valence-corrected chi connectivity index (χ0v) is 38.5. The molecule has 342 valence electrons. The highest BCUT2D eigenvalue weighted by atomic mass is 16.5. The van der Waals surface area contributed by atoms with Gasteiger partial charge in [-0.15, -0.1) is 0 Å². The molecule has 5 aromatic rings. The number of methoxy groups -OCH3 is 2. The summed E-state index contributed by atoms with van der Waals surface area (Å²) in [6, 6.07) is 17.9. The van der Waals surface area contributed by atoms with Crippen molar-refractivity contribution in [2.45, 2.75) is 116 Å². The fraction of sp³-hybridized carbons (Fsp3) is 0.490. The lowest BCUT2D eigenvalue weighted by atomic mass is 9.82. The highest BCUT2D eigenvalue weighted by Gasteiger charge is 2.43. The summed E-state index contributed by atoms with van der Waals surface area (Å²) in [5, 5.41) is 5.48. The number of imidazole rings is 2. The van der Waals surface area contributed by atoms with Crippen LogP contribution in [0.5, 0.6) is 0 Å². The summed E-state index contributed by atoms with van der Waals surface area (Å²) >= 11 is 0. The van der Waals surface area contributed by atoms with E-state index in [2.05, 4.69) is 69.1 Å². The molecule has 14 heteroatoms. The minimum Gasteiger partial charge on any atom is -0.453 e. The van der Waals surface area contributed by atoms with Crippen molar-refractivity contribution < 1.29 is 28.7 Å². The monoisotopic (exact) mass is 882 g/mol. The maximum Gasteiger partial charge on any atom is 0.407 e. The Balaban J connectivity index is 0.957. The number of fused-ring (bicyclic) bond motifs is 2. The maximum absolute atomic E-state index is 13.8. The normalized spacial score (nSPS) is 19.9. The van der Waals surface area contributed by atoms with E-state index in [9.17, 15) is 19.2 Å². The Kier molecular flexibility index (Phi) is 12.2. The molecule has 4 atom stereocenters. The highest BCUT2D eigenvalue weighted by molar-refractivity contribution is 5.88. The van der Waals surface area contributed by atoms with Gasteiger partial charge in [-0.25, -0.2) is 19.6 Å². The highest BCUT2D eigenvalue weighted by Crippen LogP contribution is 2.53. The van der Waals surface area contributed by atoms with E-state index in [1.54, 1.807) is 0 Å². The molecule has 4 heterocycles. The molecule has 65 heavy (non-hydrogen) atoms. The van der Waals surface area contributed by atoms with Gasteiger partial charge in [0, 0.05) is 18.7 Å². The summed E-state index contributed by atoms with van der Waals surface area (Å²) in [4.78, 5) is 72.6. The summed E-state index contributed by atoms with van der Waals surface area (Å²) in [5.74, 6) is 1.08. The number of aromatic nitrogens is 4. The molecule has 3 fully saturated rings.